The summed E-state index contributed by atoms with van der Waals surface area (Å²) in [5.74, 6) is -0.0146. The van der Waals surface area contributed by atoms with Crippen LogP contribution in [0.25, 0.3) is 5.57 Å². The predicted octanol–water partition coefficient (Wildman–Crippen LogP) is 4.40. The van der Waals surface area contributed by atoms with Crippen molar-refractivity contribution in [3.8, 4) is 0 Å². The van der Waals surface area contributed by atoms with E-state index < -0.39 is 0 Å². The van der Waals surface area contributed by atoms with Crippen molar-refractivity contribution < 1.29 is 9.59 Å². The minimum Gasteiger partial charge on any atom is -0.366 e. The number of piperidine rings is 1. The topological polar surface area (TPSA) is 53.5 Å². The molecule has 0 radical (unpaired) electrons. The van der Waals surface area contributed by atoms with Crippen molar-refractivity contribution in [3.05, 3.63) is 69.6 Å². The number of pyridine rings is 1. The molecule has 1 aromatic carbocycles. The fourth-order valence-corrected chi connectivity index (χ4v) is 4.34. The molecule has 1 aromatic heterocycles. The summed E-state index contributed by atoms with van der Waals surface area (Å²) in [7, 11) is 0. The first-order valence-corrected chi connectivity index (χ1v) is 10.4. The zero-order valence-corrected chi connectivity index (χ0v) is 17.6. The number of amides is 2. The Labute approximate surface area is 179 Å². The van der Waals surface area contributed by atoms with Gasteiger partial charge in [-0.15, -0.1) is 0 Å². The summed E-state index contributed by atoms with van der Waals surface area (Å²) < 4.78 is 0. The molecule has 0 spiro atoms. The van der Waals surface area contributed by atoms with Crippen LogP contribution < -0.4 is 0 Å². The molecule has 0 aliphatic carbocycles. The molecule has 0 bridgehead atoms. The largest absolute Gasteiger partial charge is 0.366 e. The minimum atomic E-state index is -0.336. The molecular weight excluding hydrogens is 409 g/mol. The van der Waals surface area contributed by atoms with Crippen LogP contribution >= 0.6 is 23.2 Å². The fraction of sp³-hybridized carbons (Fsp3) is 0.318. The molecule has 150 valence electrons. The van der Waals surface area contributed by atoms with E-state index in [1.165, 1.54) is 4.90 Å². The maximum Gasteiger partial charge on any atom is 0.278 e. The van der Waals surface area contributed by atoms with Gasteiger partial charge in [0, 0.05) is 36.1 Å². The molecule has 2 aromatic rings. The van der Waals surface area contributed by atoms with E-state index in [9.17, 15) is 9.59 Å². The number of aromatic nitrogens is 1. The van der Waals surface area contributed by atoms with Crippen LogP contribution in [-0.2, 0) is 16.1 Å². The Morgan fingerprint density at radius 1 is 1.10 bits per heavy atom. The molecule has 2 amide bonds. The van der Waals surface area contributed by atoms with Crippen molar-refractivity contribution in [1.82, 2.24) is 14.8 Å². The lowest BCUT2D eigenvalue weighted by molar-refractivity contribution is -0.138. The van der Waals surface area contributed by atoms with Gasteiger partial charge in [-0.05, 0) is 42.5 Å². The molecule has 0 N–H and O–H groups in total. The van der Waals surface area contributed by atoms with E-state index in [0.29, 0.717) is 32.8 Å². The van der Waals surface area contributed by atoms with Gasteiger partial charge in [0.2, 0.25) is 0 Å². The summed E-state index contributed by atoms with van der Waals surface area (Å²) in [6, 6.07) is 8.64. The first-order valence-electron chi connectivity index (χ1n) is 9.65. The monoisotopic (exact) mass is 429 g/mol. The van der Waals surface area contributed by atoms with Gasteiger partial charge in [-0.2, -0.15) is 0 Å². The highest BCUT2D eigenvalue weighted by Gasteiger charge is 2.42. The molecule has 0 unspecified atom stereocenters. The Balaban J connectivity index is 1.76. The second-order valence-corrected chi connectivity index (χ2v) is 8.42. The van der Waals surface area contributed by atoms with Crippen molar-refractivity contribution >= 4 is 40.6 Å². The standard InChI is InChI=1S/C22H21Cl2N3O2/c1-14-6-9-26(10-7-14)20-19(17-5-4-16(23)11-18(17)24)21(28)27(22(20)29)13-15-3-2-8-25-12-15/h2-5,8,11-12,14H,6-7,9-10,13H2,1H3. The van der Waals surface area contributed by atoms with Crippen LogP contribution in [0.5, 0.6) is 0 Å². The van der Waals surface area contributed by atoms with Gasteiger partial charge in [-0.3, -0.25) is 19.5 Å². The summed E-state index contributed by atoms with van der Waals surface area (Å²) in [4.78, 5) is 34.2. The molecule has 7 heteroatoms. The zero-order chi connectivity index (χ0) is 20.5. The van der Waals surface area contributed by atoms with E-state index in [0.717, 1.165) is 31.5 Å². The SMILES string of the molecule is CC1CCN(C2=C(c3ccc(Cl)cc3Cl)C(=O)N(Cc3cccnc3)C2=O)CC1. The van der Waals surface area contributed by atoms with Gasteiger partial charge in [0.05, 0.1) is 17.1 Å². The highest BCUT2D eigenvalue weighted by molar-refractivity contribution is 6.41. The molecule has 4 rings (SSSR count). The number of carbonyl (C=O) groups excluding carboxylic acids is 2. The lowest BCUT2D eigenvalue weighted by atomic mass is 9.97. The number of likely N-dealkylation sites (tertiary alicyclic amines) is 1. The van der Waals surface area contributed by atoms with E-state index >= 15 is 0 Å². The maximum absolute atomic E-state index is 13.4. The average Bonchev–Trinajstić information content (AvgIpc) is 2.94. The fourth-order valence-electron chi connectivity index (χ4n) is 3.84. The van der Waals surface area contributed by atoms with Gasteiger partial charge in [-0.1, -0.05) is 42.3 Å². The number of rotatable bonds is 4. The van der Waals surface area contributed by atoms with Gasteiger partial charge in [0.25, 0.3) is 11.8 Å². The molecule has 1 saturated heterocycles. The zero-order valence-electron chi connectivity index (χ0n) is 16.1. The second kappa shape index (κ2) is 8.17. The van der Waals surface area contributed by atoms with Crippen molar-refractivity contribution in [1.29, 1.82) is 0 Å². The Morgan fingerprint density at radius 2 is 1.86 bits per heavy atom. The summed E-state index contributed by atoms with van der Waals surface area (Å²) >= 11 is 12.5. The smallest absolute Gasteiger partial charge is 0.278 e. The van der Waals surface area contributed by atoms with Gasteiger partial charge < -0.3 is 4.90 Å². The highest BCUT2D eigenvalue weighted by atomic mass is 35.5. The molecule has 0 atom stereocenters. The second-order valence-electron chi connectivity index (χ2n) is 7.58. The third-order valence-corrected chi connectivity index (χ3v) is 6.06. The first kappa shape index (κ1) is 19.9. The maximum atomic E-state index is 13.4. The third-order valence-electron chi connectivity index (χ3n) is 5.51. The number of nitrogens with zero attached hydrogens (tertiary/aromatic N) is 3. The van der Waals surface area contributed by atoms with Gasteiger partial charge >= 0.3 is 0 Å². The lowest BCUT2D eigenvalue weighted by Crippen LogP contribution is -2.38. The molecule has 5 nitrogen and oxygen atoms in total. The molecule has 1 fully saturated rings. The van der Waals surface area contributed by atoms with E-state index in [2.05, 4.69) is 11.9 Å². The molecule has 29 heavy (non-hydrogen) atoms. The quantitative estimate of drug-likeness (QED) is 0.675. The molecule has 0 saturated carbocycles. The average molecular weight is 430 g/mol. The Hall–Kier alpha value is -2.37. The summed E-state index contributed by atoms with van der Waals surface area (Å²) in [5.41, 5.74) is 2.13. The lowest BCUT2D eigenvalue weighted by Gasteiger charge is -2.32. The van der Waals surface area contributed by atoms with Crippen LogP contribution in [0.3, 0.4) is 0 Å². The highest BCUT2D eigenvalue weighted by Crippen LogP contribution is 2.38. The number of halogens is 2. The van der Waals surface area contributed by atoms with Gasteiger partial charge in [0.1, 0.15) is 5.70 Å². The van der Waals surface area contributed by atoms with Crippen LogP contribution in [0.2, 0.25) is 10.0 Å². The van der Waals surface area contributed by atoms with Crippen molar-refractivity contribution in [2.75, 3.05) is 13.1 Å². The Bertz CT molecular complexity index is 983. The van der Waals surface area contributed by atoms with Gasteiger partial charge in [0.15, 0.2) is 0 Å². The van der Waals surface area contributed by atoms with E-state index in [4.69, 9.17) is 23.2 Å². The third kappa shape index (κ3) is 3.89. The van der Waals surface area contributed by atoms with Crippen LogP contribution in [0.1, 0.15) is 30.9 Å². The number of hydrogen-bond acceptors (Lipinski definition) is 4. The number of imide groups is 1. The van der Waals surface area contributed by atoms with Crippen LogP contribution in [0.4, 0.5) is 0 Å². The van der Waals surface area contributed by atoms with E-state index in [1.54, 1.807) is 36.7 Å². The molecule has 3 heterocycles. The number of hydrogen-bond donors (Lipinski definition) is 0. The Kier molecular flexibility index (Phi) is 5.61. The minimum absolute atomic E-state index is 0.175. The van der Waals surface area contributed by atoms with Crippen molar-refractivity contribution in [2.45, 2.75) is 26.3 Å². The normalized spacial score (nSPS) is 18.2. The van der Waals surface area contributed by atoms with Crippen LogP contribution in [0.15, 0.2) is 48.4 Å². The molecular formula is C22H21Cl2N3O2. The number of benzene rings is 1. The van der Waals surface area contributed by atoms with Crippen LogP contribution in [-0.4, -0.2) is 39.7 Å². The van der Waals surface area contributed by atoms with E-state index in [-0.39, 0.29) is 18.4 Å². The van der Waals surface area contributed by atoms with Crippen molar-refractivity contribution in [2.24, 2.45) is 5.92 Å². The molecule has 2 aliphatic rings. The Morgan fingerprint density at radius 3 is 2.52 bits per heavy atom. The number of carbonyl (C=O) groups is 2. The molecule has 2 aliphatic heterocycles. The van der Waals surface area contributed by atoms with E-state index in [1.807, 2.05) is 11.0 Å². The van der Waals surface area contributed by atoms with Gasteiger partial charge in [-0.25, -0.2) is 0 Å². The first-order chi connectivity index (χ1) is 14.0. The van der Waals surface area contributed by atoms with Crippen LogP contribution in [0, 0.1) is 5.92 Å². The summed E-state index contributed by atoms with van der Waals surface area (Å²) in [6.07, 6.45) is 5.29. The van der Waals surface area contributed by atoms with Crippen molar-refractivity contribution in [3.63, 3.8) is 0 Å². The summed E-state index contributed by atoms with van der Waals surface area (Å²) in [6.45, 7) is 3.86. The predicted molar refractivity (Wildman–Crippen MR) is 113 cm³/mol. The summed E-state index contributed by atoms with van der Waals surface area (Å²) in [5, 5.41) is 0.844.